The first-order valence-electron chi connectivity index (χ1n) is 10.8. The van der Waals surface area contributed by atoms with Crippen molar-refractivity contribution in [3.63, 3.8) is 0 Å². The van der Waals surface area contributed by atoms with E-state index in [9.17, 15) is 13.2 Å². The normalized spacial score (nSPS) is 11.0. The maximum Gasteiger partial charge on any atom is 0.173 e. The van der Waals surface area contributed by atoms with Crippen molar-refractivity contribution >= 4 is 29.3 Å². The van der Waals surface area contributed by atoms with Crippen LogP contribution in [0.5, 0.6) is 0 Å². The van der Waals surface area contributed by atoms with Crippen molar-refractivity contribution in [3.8, 4) is 22.5 Å². The van der Waals surface area contributed by atoms with E-state index in [4.69, 9.17) is 16.1 Å². The van der Waals surface area contributed by atoms with Crippen LogP contribution in [0, 0.1) is 22.9 Å². The SMILES string of the molecule is CCc1nc2c(-c3ncn[nH]3)cc(-c3ccnc(N)c3F)cc2n1/C=C/C=N.Fc1ccc(F)cc1. The second kappa shape index (κ2) is 10.6. The van der Waals surface area contributed by atoms with Crippen LogP contribution in [0.15, 0.2) is 61.1 Å². The Balaban J connectivity index is 0.000000325. The number of nitrogen functional groups attached to an aromatic ring is 1. The Bertz CT molecular complexity index is 1500. The lowest BCUT2D eigenvalue weighted by atomic mass is 10.0. The molecule has 0 aliphatic carbocycles. The largest absolute Gasteiger partial charge is 0.381 e. The van der Waals surface area contributed by atoms with Gasteiger partial charge in [-0.05, 0) is 54.1 Å². The zero-order valence-corrected chi connectivity index (χ0v) is 19.1. The molecule has 0 atom stereocenters. The molecule has 0 aliphatic heterocycles. The van der Waals surface area contributed by atoms with Crippen molar-refractivity contribution in [3.05, 3.63) is 84.3 Å². The number of anilines is 1. The molecular weight excluding hydrogens is 469 g/mol. The zero-order chi connectivity index (χ0) is 25.7. The first-order valence-corrected chi connectivity index (χ1v) is 10.8. The van der Waals surface area contributed by atoms with Crippen LogP contribution < -0.4 is 5.73 Å². The first kappa shape index (κ1) is 24.3. The molecule has 0 radical (unpaired) electrons. The van der Waals surface area contributed by atoms with Crippen LogP contribution in [-0.4, -0.2) is 35.9 Å². The molecular formula is C25H21F3N8. The summed E-state index contributed by atoms with van der Waals surface area (Å²) in [6.45, 7) is 1.99. The third-order valence-electron chi connectivity index (χ3n) is 5.22. The number of imidazole rings is 1. The van der Waals surface area contributed by atoms with Gasteiger partial charge < -0.3 is 15.7 Å². The molecule has 3 aromatic heterocycles. The van der Waals surface area contributed by atoms with Crippen LogP contribution in [0.4, 0.5) is 19.0 Å². The third-order valence-corrected chi connectivity index (χ3v) is 5.22. The number of allylic oxidation sites excluding steroid dienone is 1. The third kappa shape index (κ3) is 4.99. The first-order chi connectivity index (χ1) is 17.4. The molecule has 0 aliphatic rings. The molecule has 0 spiro atoms. The molecule has 2 aromatic carbocycles. The minimum absolute atomic E-state index is 0.162. The molecule has 4 N–H and O–H groups in total. The number of halogens is 3. The number of fused-ring (bicyclic) bond motifs is 1. The predicted molar refractivity (Wildman–Crippen MR) is 133 cm³/mol. The molecule has 8 nitrogen and oxygen atoms in total. The lowest BCUT2D eigenvalue weighted by Gasteiger charge is -2.09. The molecule has 36 heavy (non-hydrogen) atoms. The molecule has 0 saturated heterocycles. The van der Waals surface area contributed by atoms with Gasteiger partial charge in [-0.2, -0.15) is 5.10 Å². The molecule has 0 saturated carbocycles. The average Bonchev–Trinajstić information content (AvgIpc) is 3.54. The molecule has 0 fully saturated rings. The predicted octanol–water partition coefficient (Wildman–Crippen LogP) is 5.25. The van der Waals surface area contributed by atoms with Gasteiger partial charge in [-0.25, -0.2) is 28.1 Å². The number of hydrogen-bond donors (Lipinski definition) is 3. The van der Waals surface area contributed by atoms with Gasteiger partial charge in [0.2, 0.25) is 0 Å². The Labute approximate surface area is 203 Å². The van der Waals surface area contributed by atoms with E-state index in [0.717, 1.165) is 35.6 Å². The summed E-state index contributed by atoms with van der Waals surface area (Å²) < 4.78 is 40.4. The summed E-state index contributed by atoms with van der Waals surface area (Å²) >= 11 is 0. The summed E-state index contributed by atoms with van der Waals surface area (Å²) in [5.74, 6) is -0.233. The van der Waals surface area contributed by atoms with Gasteiger partial charge in [-0.3, -0.25) is 5.10 Å². The summed E-state index contributed by atoms with van der Waals surface area (Å²) in [5.41, 5.74) is 8.75. The Morgan fingerprint density at radius 3 is 2.36 bits per heavy atom. The lowest BCUT2D eigenvalue weighted by Crippen LogP contribution is -1.98. The summed E-state index contributed by atoms with van der Waals surface area (Å²) in [6.07, 6.45) is 8.11. The zero-order valence-electron chi connectivity index (χ0n) is 19.1. The standard InChI is InChI=1S/C19H17FN8.C6H4F2/c1-2-15-26-17-13(19-24-10-25-27-19)8-11(9-14(17)28(15)7-3-5-21)12-4-6-23-18(22)16(12)20;7-5-1-2-6(8)4-3-5/h3-10,21H,2H2,1H3,(H2,22,23)(H,24,25,27);1-4H/b7-3+,21-5?;. The molecule has 0 amide bonds. The van der Waals surface area contributed by atoms with Gasteiger partial charge in [0, 0.05) is 36.2 Å². The summed E-state index contributed by atoms with van der Waals surface area (Å²) in [6, 6.07) is 9.53. The van der Waals surface area contributed by atoms with Gasteiger partial charge in [0.1, 0.15) is 29.3 Å². The van der Waals surface area contributed by atoms with Crippen molar-refractivity contribution in [2.45, 2.75) is 13.3 Å². The van der Waals surface area contributed by atoms with E-state index in [1.165, 1.54) is 18.7 Å². The van der Waals surface area contributed by atoms with Gasteiger partial charge in [0.25, 0.3) is 0 Å². The van der Waals surface area contributed by atoms with Gasteiger partial charge in [0.15, 0.2) is 17.5 Å². The van der Waals surface area contributed by atoms with Crippen LogP contribution >= 0.6 is 0 Å². The summed E-state index contributed by atoms with van der Waals surface area (Å²) in [5, 5.41) is 14.1. The van der Waals surface area contributed by atoms with Crippen LogP contribution in [0.2, 0.25) is 0 Å². The fourth-order valence-corrected chi connectivity index (χ4v) is 3.57. The molecule has 3 heterocycles. The minimum atomic E-state index is -0.581. The minimum Gasteiger partial charge on any atom is -0.381 e. The number of hydrogen-bond acceptors (Lipinski definition) is 6. The highest BCUT2D eigenvalue weighted by atomic mass is 19.1. The Kier molecular flexibility index (Phi) is 7.19. The van der Waals surface area contributed by atoms with Gasteiger partial charge in [-0.1, -0.05) is 6.92 Å². The quantitative estimate of drug-likeness (QED) is 0.290. The van der Waals surface area contributed by atoms with Gasteiger partial charge in [-0.15, -0.1) is 0 Å². The number of nitrogens with zero attached hydrogens (tertiary/aromatic N) is 5. The maximum absolute atomic E-state index is 14.6. The van der Waals surface area contributed by atoms with Crippen LogP contribution in [-0.2, 0) is 6.42 Å². The second-order valence-corrected chi connectivity index (χ2v) is 7.48. The fraction of sp³-hybridized carbons (Fsp3) is 0.0800. The van der Waals surface area contributed by atoms with E-state index in [0.29, 0.717) is 34.5 Å². The number of benzene rings is 2. The van der Waals surface area contributed by atoms with Crippen molar-refractivity contribution in [2.75, 3.05) is 5.73 Å². The molecule has 0 unspecified atom stereocenters. The highest BCUT2D eigenvalue weighted by molar-refractivity contribution is 5.96. The maximum atomic E-state index is 14.6. The van der Waals surface area contributed by atoms with E-state index in [1.54, 1.807) is 24.4 Å². The van der Waals surface area contributed by atoms with E-state index >= 15 is 0 Å². The summed E-state index contributed by atoms with van der Waals surface area (Å²) in [4.78, 5) is 12.8. The van der Waals surface area contributed by atoms with Crippen LogP contribution in [0.3, 0.4) is 0 Å². The number of H-pyrrole nitrogens is 1. The van der Waals surface area contributed by atoms with E-state index in [2.05, 4.69) is 20.2 Å². The van der Waals surface area contributed by atoms with Crippen molar-refractivity contribution in [1.29, 1.82) is 5.41 Å². The number of pyridine rings is 1. The smallest absolute Gasteiger partial charge is 0.173 e. The molecule has 5 rings (SSSR count). The van der Waals surface area contributed by atoms with Crippen molar-refractivity contribution in [1.82, 2.24) is 29.7 Å². The topological polar surface area (TPSA) is 122 Å². The van der Waals surface area contributed by atoms with Crippen molar-refractivity contribution < 1.29 is 13.2 Å². The highest BCUT2D eigenvalue weighted by Crippen LogP contribution is 2.34. The molecule has 11 heteroatoms. The highest BCUT2D eigenvalue weighted by Gasteiger charge is 2.18. The lowest BCUT2D eigenvalue weighted by molar-refractivity contribution is 0.600. The summed E-state index contributed by atoms with van der Waals surface area (Å²) in [7, 11) is 0. The monoisotopic (exact) mass is 490 g/mol. The van der Waals surface area contributed by atoms with E-state index in [-0.39, 0.29) is 5.82 Å². The molecule has 0 bridgehead atoms. The number of nitrogens with two attached hydrogens (primary N) is 1. The molecule has 5 aromatic rings. The van der Waals surface area contributed by atoms with Crippen molar-refractivity contribution in [2.24, 2.45) is 0 Å². The Hall–Kier alpha value is -4.80. The van der Waals surface area contributed by atoms with Crippen LogP contribution in [0.1, 0.15) is 12.7 Å². The average molecular weight is 490 g/mol. The second-order valence-electron chi connectivity index (χ2n) is 7.48. The molecule has 182 valence electrons. The number of rotatable bonds is 5. The van der Waals surface area contributed by atoms with Crippen LogP contribution in [0.25, 0.3) is 39.7 Å². The number of aryl methyl sites for hydroxylation is 1. The van der Waals surface area contributed by atoms with Gasteiger partial charge in [0.05, 0.1) is 5.52 Å². The van der Waals surface area contributed by atoms with E-state index < -0.39 is 17.5 Å². The van der Waals surface area contributed by atoms with E-state index in [1.807, 2.05) is 17.6 Å². The fourth-order valence-electron chi connectivity index (χ4n) is 3.57. The number of aromatic amines is 1. The number of nitrogens with one attached hydrogen (secondary N) is 2. The Morgan fingerprint density at radius 1 is 1.03 bits per heavy atom. The number of aromatic nitrogens is 6. The van der Waals surface area contributed by atoms with Gasteiger partial charge >= 0.3 is 0 Å². The Morgan fingerprint density at radius 2 is 1.75 bits per heavy atom.